The molecule has 80 valence electrons. The Morgan fingerprint density at radius 3 is 1.85 bits per heavy atom. The van der Waals surface area contributed by atoms with E-state index in [0.29, 0.717) is 6.42 Å². The molecule has 0 aliphatic heterocycles. The van der Waals surface area contributed by atoms with Crippen LogP contribution in [0.4, 0.5) is 0 Å². The highest BCUT2D eigenvalue weighted by molar-refractivity contribution is 5.66. The van der Waals surface area contributed by atoms with Crippen molar-refractivity contribution in [3.8, 4) is 0 Å². The summed E-state index contributed by atoms with van der Waals surface area (Å²) in [4.78, 5) is 9.87. The lowest BCUT2D eigenvalue weighted by atomic mass is 10.2. The second-order valence-corrected chi connectivity index (χ2v) is 3.35. The molecule has 0 fully saturated rings. The number of aliphatic hydroxyl groups is 2. The number of rotatable bonds is 4. The molecular weight excluding hydrogens is 172 g/mol. The van der Waals surface area contributed by atoms with Crippen molar-refractivity contribution in [2.75, 3.05) is 0 Å². The van der Waals surface area contributed by atoms with E-state index < -0.39 is 11.8 Å². The molecule has 0 heterocycles. The van der Waals surface area contributed by atoms with Gasteiger partial charge in [-0.05, 0) is 20.3 Å². The summed E-state index contributed by atoms with van der Waals surface area (Å²) >= 11 is 0. The molecule has 13 heavy (non-hydrogen) atoms. The van der Waals surface area contributed by atoms with Crippen LogP contribution in [0.1, 0.15) is 46.5 Å². The van der Waals surface area contributed by atoms with E-state index in [9.17, 15) is 4.79 Å². The molecule has 0 radical (unpaired) electrons. The van der Waals surface area contributed by atoms with Gasteiger partial charge in [0.05, 0.1) is 0 Å². The fraction of sp³-hybridized carbons (Fsp3) is 0.889. The summed E-state index contributed by atoms with van der Waals surface area (Å²) in [7, 11) is 0. The van der Waals surface area contributed by atoms with Crippen LogP contribution in [0.25, 0.3) is 0 Å². The molecule has 0 aliphatic carbocycles. The van der Waals surface area contributed by atoms with Crippen LogP contribution in [0.3, 0.4) is 0 Å². The van der Waals surface area contributed by atoms with Gasteiger partial charge in [-0.2, -0.15) is 0 Å². The number of hydrogen-bond donors (Lipinski definition) is 3. The van der Waals surface area contributed by atoms with E-state index in [2.05, 4.69) is 6.92 Å². The summed E-state index contributed by atoms with van der Waals surface area (Å²) in [6.45, 7) is 4.65. The van der Waals surface area contributed by atoms with E-state index in [4.69, 9.17) is 15.3 Å². The number of unbranched alkanes of at least 4 members (excludes halogenated alkanes) is 2. The van der Waals surface area contributed by atoms with Crippen LogP contribution in [0.5, 0.6) is 0 Å². The van der Waals surface area contributed by atoms with E-state index in [1.165, 1.54) is 13.8 Å². The van der Waals surface area contributed by atoms with Gasteiger partial charge in [0.2, 0.25) is 0 Å². The molecule has 0 amide bonds. The molecule has 0 rings (SSSR count). The number of hydrogen-bond acceptors (Lipinski definition) is 3. The number of aliphatic carboxylic acids is 1. The summed E-state index contributed by atoms with van der Waals surface area (Å²) < 4.78 is 0. The van der Waals surface area contributed by atoms with Gasteiger partial charge in [-0.15, -0.1) is 0 Å². The van der Waals surface area contributed by atoms with E-state index in [1.54, 1.807) is 0 Å². The quantitative estimate of drug-likeness (QED) is 0.464. The maximum atomic E-state index is 9.87. The van der Waals surface area contributed by atoms with Gasteiger partial charge in [-0.3, -0.25) is 4.79 Å². The van der Waals surface area contributed by atoms with Gasteiger partial charge >= 0.3 is 5.97 Å². The highest BCUT2D eigenvalue weighted by atomic mass is 16.5. The molecule has 0 spiro atoms. The molecule has 0 saturated heterocycles. The number of carbonyl (C=O) groups is 1. The summed E-state index contributed by atoms with van der Waals surface area (Å²) in [6, 6.07) is 0. The monoisotopic (exact) mass is 192 g/mol. The van der Waals surface area contributed by atoms with Crippen LogP contribution in [0.15, 0.2) is 0 Å². The SMILES string of the molecule is CC(C)(O)O.CCCCCC(=O)O. The van der Waals surface area contributed by atoms with E-state index in [1.807, 2.05) is 0 Å². The summed E-state index contributed by atoms with van der Waals surface area (Å²) in [5, 5.41) is 24.3. The average Bonchev–Trinajstić information content (AvgIpc) is 1.83. The van der Waals surface area contributed by atoms with Gasteiger partial charge in [0.25, 0.3) is 0 Å². The second-order valence-electron chi connectivity index (χ2n) is 3.35. The second kappa shape index (κ2) is 8.01. The third kappa shape index (κ3) is 52.1. The Labute approximate surface area is 79.2 Å². The van der Waals surface area contributed by atoms with Crippen LogP contribution < -0.4 is 0 Å². The standard InChI is InChI=1S/C6H12O2.C3H8O2/c1-2-3-4-5-6(7)8;1-3(2,4)5/h2-5H2,1H3,(H,7,8);4-5H,1-2H3. The molecular formula is C9H20O4. The first-order valence-corrected chi connectivity index (χ1v) is 4.44. The van der Waals surface area contributed by atoms with Gasteiger partial charge in [0, 0.05) is 6.42 Å². The van der Waals surface area contributed by atoms with Crippen molar-refractivity contribution in [1.29, 1.82) is 0 Å². The summed E-state index contributed by atoms with van der Waals surface area (Å²) in [5.41, 5.74) is 0. The highest BCUT2D eigenvalue weighted by Crippen LogP contribution is 1.97. The fourth-order valence-electron chi connectivity index (χ4n) is 0.526. The molecule has 0 aromatic rings. The normalized spacial score (nSPS) is 10.2. The Morgan fingerprint density at radius 1 is 1.23 bits per heavy atom. The van der Waals surface area contributed by atoms with Crippen molar-refractivity contribution in [3.63, 3.8) is 0 Å². The number of carboxylic acid groups (broad SMARTS) is 1. The van der Waals surface area contributed by atoms with Crippen LogP contribution in [0, 0.1) is 0 Å². The minimum Gasteiger partial charge on any atom is -0.481 e. The third-order valence-corrected chi connectivity index (χ3v) is 0.994. The first kappa shape index (κ1) is 14.9. The fourth-order valence-corrected chi connectivity index (χ4v) is 0.526. The van der Waals surface area contributed by atoms with Gasteiger partial charge < -0.3 is 15.3 Å². The lowest BCUT2D eigenvalue weighted by Crippen LogP contribution is -2.15. The molecule has 4 heteroatoms. The van der Waals surface area contributed by atoms with Crippen LogP contribution >= 0.6 is 0 Å². The predicted octanol–water partition coefficient (Wildman–Crippen LogP) is 1.36. The molecule has 0 unspecified atom stereocenters. The maximum Gasteiger partial charge on any atom is 0.303 e. The van der Waals surface area contributed by atoms with Crippen molar-refractivity contribution in [2.45, 2.75) is 52.2 Å². The molecule has 0 saturated carbocycles. The minimum absolute atomic E-state index is 0.327. The molecule has 0 aromatic heterocycles. The molecule has 4 nitrogen and oxygen atoms in total. The van der Waals surface area contributed by atoms with E-state index in [-0.39, 0.29) is 0 Å². The average molecular weight is 192 g/mol. The molecule has 0 aromatic carbocycles. The van der Waals surface area contributed by atoms with Gasteiger partial charge in [0.15, 0.2) is 5.79 Å². The van der Waals surface area contributed by atoms with Gasteiger partial charge in [-0.1, -0.05) is 19.8 Å². The number of carboxylic acids is 1. The minimum atomic E-state index is -1.50. The van der Waals surface area contributed by atoms with Crippen LogP contribution in [-0.4, -0.2) is 27.1 Å². The van der Waals surface area contributed by atoms with Crippen molar-refractivity contribution >= 4 is 5.97 Å². The first-order chi connectivity index (χ1) is 5.77. The van der Waals surface area contributed by atoms with E-state index >= 15 is 0 Å². The van der Waals surface area contributed by atoms with Gasteiger partial charge in [0.1, 0.15) is 0 Å². The lowest BCUT2D eigenvalue weighted by molar-refractivity contribution is -0.137. The van der Waals surface area contributed by atoms with Crippen molar-refractivity contribution in [1.82, 2.24) is 0 Å². The highest BCUT2D eigenvalue weighted by Gasteiger charge is 2.00. The lowest BCUT2D eigenvalue weighted by Gasteiger charge is -2.03. The first-order valence-electron chi connectivity index (χ1n) is 4.44. The zero-order valence-corrected chi connectivity index (χ0v) is 8.58. The molecule has 0 atom stereocenters. The largest absolute Gasteiger partial charge is 0.481 e. The molecule has 0 bridgehead atoms. The topological polar surface area (TPSA) is 77.8 Å². The Morgan fingerprint density at radius 2 is 1.62 bits per heavy atom. The Bertz CT molecular complexity index is 120. The van der Waals surface area contributed by atoms with E-state index in [0.717, 1.165) is 19.3 Å². The smallest absolute Gasteiger partial charge is 0.303 e. The molecule has 3 N–H and O–H groups in total. The zero-order valence-electron chi connectivity index (χ0n) is 8.58. The van der Waals surface area contributed by atoms with Crippen molar-refractivity contribution < 1.29 is 20.1 Å². The maximum absolute atomic E-state index is 9.87. The predicted molar refractivity (Wildman–Crippen MR) is 50.3 cm³/mol. The summed E-state index contributed by atoms with van der Waals surface area (Å²) in [6.07, 6.45) is 3.28. The summed E-state index contributed by atoms with van der Waals surface area (Å²) in [5.74, 6) is -2.18. The van der Waals surface area contributed by atoms with Crippen LogP contribution in [-0.2, 0) is 4.79 Å². The Kier molecular flexibility index (Phi) is 9.17. The molecule has 0 aliphatic rings. The van der Waals surface area contributed by atoms with Crippen LogP contribution in [0.2, 0.25) is 0 Å². The Balaban J connectivity index is 0. The van der Waals surface area contributed by atoms with Crippen molar-refractivity contribution in [3.05, 3.63) is 0 Å². The third-order valence-electron chi connectivity index (χ3n) is 0.994. The van der Waals surface area contributed by atoms with Crippen molar-refractivity contribution in [2.24, 2.45) is 0 Å². The zero-order chi connectivity index (χ0) is 10.9. The Hall–Kier alpha value is -0.610. The van der Waals surface area contributed by atoms with Gasteiger partial charge in [-0.25, -0.2) is 0 Å².